The second kappa shape index (κ2) is 8.12. The maximum atomic E-state index is 5.81. The SMILES string of the molecule is COCCNCc1ccc(Oc2cc(Br)ccc2C)nc1. The van der Waals surface area contributed by atoms with Crippen molar-refractivity contribution in [1.29, 1.82) is 0 Å². The number of pyridine rings is 1. The van der Waals surface area contributed by atoms with Crippen LogP contribution in [0.15, 0.2) is 41.0 Å². The third-order valence-electron chi connectivity index (χ3n) is 2.97. The topological polar surface area (TPSA) is 43.4 Å². The molecule has 0 saturated heterocycles. The first-order valence-electron chi connectivity index (χ1n) is 6.77. The van der Waals surface area contributed by atoms with Crippen LogP contribution < -0.4 is 10.1 Å². The Hall–Kier alpha value is -1.43. The molecule has 5 heteroatoms. The molecule has 0 radical (unpaired) electrons. The molecule has 0 saturated carbocycles. The van der Waals surface area contributed by atoms with Crippen LogP contribution >= 0.6 is 15.9 Å². The van der Waals surface area contributed by atoms with Gasteiger partial charge in [0.05, 0.1) is 6.61 Å². The van der Waals surface area contributed by atoms with Crippen LogP contribution in [0.5, 0.6) is 11.6 Å². The second-order valence-corrected chi connectivity index (χ2v) is 5.60. The number of nitrogens with zero attached hydrogens (tertiary/aromatic N) is 1. The molecule has 1 heterocycles. The van der Waals surface area contributed by atoms with Gasteiger partial charge in [-0.3, -0.25) is 0 Å². The Morgan fingerprint density at radius 1 is 1.24 bits per heavy atom. The van der Waals surface area contributed by atoms with Gasteiger partial charge >= 0.3 is 0 Å². The van der Waals surface area contributed by atoms with E-state index in [1.54, 1.807) is 7.11 Å². The highest BCUT2D eigenvalue weighted by Gasteiger charge is 2.03. The van der Waals surface area contributed by atoms with Gasteiger partial charge < -0.3 is 14.8 Å². The van der Waals surface area contributed by atoms with Crippen molar-refractivity contribution in [3.63, 3.8) is 0 Å². The average Bonchev–Trinajstić information content (AvgIpc) is 2.49. The predicted molar refractivity (Wildman–Crippen MR) is 86.8 cm³/mol. The summed E-state index contributed by atoms with van der Waals surface area (Å²) in [4.78, 5) is 4.33. The van der Waals surface area contributed by atoms with Crippen LogP contribution in [-0.2, 0) is 11.3 Å². The van der Waals surface area contributed by atoms with Gasteiger partial charge in [0.15, 0.2) is 0 Å². The van der Waals surface area contributed by atoms with Gasteiger partial charge in [0.2, 0.25) is 5.88 Å². The van der Waals surface area contributed by atoms with Crippen molar-refractivity contribution >= 4 is 15.9 Å². The normalized spacial score (nSPS) is 10.6. The van der Waals surface area contributed by atoms with Gasteiger partial charge in [0.25, 0.3) is 0 Å². The lowest BCUT2D eigenvalue weighted by atomic mass is 10.2. The molecular weight excluding hydrogens is 332 g/mol. The zero-order valence-electron chi connectivity index (χ0n) is 12.2. The molecule has 0 aliphatic carbocycles. The number of ether oxygens (including phenoxy) is 2. The third-order valence-corrected chi connectivity index (χ3v) is 3.47. The first kappa shape index (κ1) is 15.9. The van der Waals surface area contributed by atoms with Crippen LogP contribution in [0.25, 0.3) is 0 Å². The van der Waals surface area contributed by atoms with Crippen LogP contribution in [0.4, 0.5) is 0 Å². The first-order chi connectivity index (χ1) is 10.2. The minimum Gasteiger partial charge on any atom is -0.439 e. The Bertz CT molecular complexity index is 573. The number of methoxy groups -OCH3 is 1. The van der Waals surface area contributed by atoms with E-state index in [1.807, 2.05) is 43.5 Å². The number of hydrogen-bond donors (Lipinski definition) is 1. The van der Waals surface area contributed by atoms with E-state index in [1.165, 1.54) is 0 Å². The van der Waals surface area contributed by atoms with E-state index >= 15 is 0 Å². The Morgan fingerprint density at radius 2 is 2.10 bits per heavy atom. The fourth-order valence-corrected chi connectivity index (χ4v) is 2.12. The van der Waals surface area contributed by atoms with Gasteiger partial charge in [0.1, 0.15) is 5.75 Å². The minimum absolute atomic E-state index is 0.594. The standard InChI is InChI=1S/C16H19BrN2O2/c1-12-3-5-14(17)9-15(12)21-16-6-4-13(11-19-16)10-18-7-8-20-2/h3-6,9,11,18H,7-8,10H2,1-2H3. The van der Waals surface area contributed by atoms with E-state index in [9.17, 15) is 0 Å². The van der Waals surface area contributed by atoms with Gasteiger partial charge in [-0.1, -0.05) is 28.1 Å². The molecule has 0 atom stereocenters. The summed E-state index contributed by atoms with van der Waals surface area (Å²) in [5.41, 5.74) is 2.19. The van der Waals surface area contributed by atoms with Crippen LogP contribution in [-0.4, -0.2) is 25.2 Å². The summed E-state index contributed by atoms with van der Waals surface area (Å²) < 4.78 is 11.8. The van der Waals surface area contributed by atoms with Crippen molar-refractivity contribution in [2.24, 2.45) is 0 Å². The smallest absolute Gasteiger partial charge is 0.219 e. The molecule has 0 amide bonds. The fraction of sp³-hybridized carbons (Fsp3) is 0.312. The van der Waals surface area contributed by atoms with Crippen LogP contribution in [0, 0.1) is 6.92 Å². The lowest BCUT2D eigenvalue weighted by Crippen LogP contribution is -2.18. The quantitative estimate of drug-likeness (QED) is 0.773. The number of rotatable bonds is 7. The van der Waals surface area contributed by atoms with E-state index in [0.717, 1.165) is 34.4 Å². The lowest BCUT2D eigenvalue weighted by Gasteiger charge is -2.09. The molecule has 21 heavy (non-hydrogen) atoms. The number of nitrogens with one attached hydrogen (secondary N) is 1. The number of hydrogen-bond acceptors (Lipinski definition) is 4. The number of aromatic nitrogens is 1. The molecule has 0 fully saturated rings. The second-order valence-electron chi connectivity index (χ2n) is 4.69. The molecule has 0 unspecified atom stereocenters. The largest absolute Gasteiger partial charge is 0.439 e. The van der Waals surface area contributed by atoms with Gasteiger partial charge in [-0.25, -0.2) is 4.98 Å². The number of aryl methyl sites for hydroxylation is 1. The van der Waals surface area contributed by atoms with Crippen molar-refractivity contribution in [3.8, 4) is 11.6 Å². The monoisotopic (exact) mass is 350 g/mol. The van der Waals surface area contributed by atoms with E-state index in [0.29, 0.717) is 12.5 Å². The van der Waals surface area contributed by atoms with Crippen molar-refractivity contribution < 1.29 is 9.47 Å². The summed E-state index contributed by atoms with van der Waals surface area (Å²) in [6.07, 6.45) is 1.82. The highest BCUT2D eigenvalue weighted by Crippen LogP contribution is 2.27. The Labute approximate surface area is 133 Å². The summed E-state index contributed by atoms with van der Waals surface area (Å²) in [6, 6.07) is 9.83. The zero-order valence-corrected chi connectivity index (χ0v) is 13.8. The predicted octanol–water partition coefficient (Wildman–Crippen LogP) is 3.68. The molecule has 0 bridgehead atoms. The van der Waals surface area contributed by atoms with Gasteiger partial charge in [0, 0.05) is 36.9 Å². The molecule has 0 aliphatic rings. The van der Waals surface area contributed by atoms with Gasteiger partial charge in [-0.05, 0) is 30.2 Å². The lowest BCUT2D eigenvalue weighted by molar-refractivity contribution is 0.199. The van der Waals surface area contributed by atoms with Crippen molar-refractivity contribution in [3.05, 3.63) is 52.1 Å². The summed E-state index contributed by atoms with van der Waals surface area (Å²) in [5, 5.41) is 3.28. The molecular formula is C16H19BrN2O2. The molecule has 1 aromatic heterocycles. The maximum Gasteiger partial charge on any atom is 0.219 e. The van der Waals surface area contributed by atoms with Crippen LogP contribution in [0.1, 0.15) is 11.1 Å². The highest BCUT2D eigenvalue weighted by atomic mass is 79.9. The summed E-state index contributed by atoms with van der Waals surface area (Å²) in [7, 11) is 1.69. The van der Waals surface area contributed by atoms with Crippen molar-refractivity contribution in [2.75, 3.05) is 20.3 Å². The van der Waals surface area contributed by atoms with Crippen LogP contribution in [0.2, 0.25) is 0 Å². The molecule has 0 spiro atoms. The van der Waals surface area contributed by atoms with E-state index in [-0.39, 0.29) is 0 Å². The molecule has 1 aromatic carbocycles. The third kappa shape index (κ3) is 5.12. The summed E-state index contributed by atoms with van der Waals surface area (Å²) >= 11 is 3.44. The zero-order chi connectivity index (χ0) is 15.1. The molecule has 2 aromatic rings. The van der Waals surface area contributed by atoms with Gasteiger partial charge in [-0.15, -0.1) is 0 Å². The average molecular weight is 351 g/mol. The van der Waals surface area contributed by atoms with E-state index in [2.05, 4.69) is 26.2 Å². The molecule has 0 aliphatic heterocycles. The molecule has 1 N–H and O–H groups in total. The van der Waals surface area contributed by atoms with E-state index in [4.69, 9.17) is 9.47 Å². The van der Waals surface area contributed by atoms with Gasteiger partial charge in [-0.2, -0.15) is 0 Å². The van der Waals surface area contributed by atoms with Crippen molar-refractivity contribution in [2.45, 2.75) is 13.5 Å². The summed E-state index contributed by atoms with van der Waals surface area (Å²) in [6.45, 7) is 4.31. The molecule has 112 valence electrons. The first-order valence-corrected chi connectivity index (χ1v) is 7.57. The van der Waals surface area contributed by atoms with E-state index < -0.39 is 0 Å². The Kier molecular flexibility index (Phi) is 6.17. The number of benzene rings is 1. The fourth-order valence-electron chi connectivity index (χ4n) is 1.78. The molecule has 2 rings (SSSR count). The minimum atomic E-state index is 0.594. The Balaban J connectivity index is 1.94. The Morgan fingerprint density at radius 3 is 2.81 bits per heavy atom. The molecule has 4 nitrogen and oxygen atoms in total. The summed E-state index contributed by atoms with van der Waals surface area (Å²) in [5.74, 6) is 1.40. The maximum absolute atomic E-state index is 5.81. The van der Waals surface area contributed by atoms with Crippen molar-refractivity contribution in [1.82, 2.24) is 10.3 Å². The highest BCUT2D eigenvalue weighted by molar-refractivity contribution is 9.10. The number of halogens is 1. The van der Waals surface area contributed by atoms with Crippen LogP contribution in [0.3, 0.4) is 0 Å².